The van der Waals surface area contributed by atoms with Gasteiger partial charge in [0.15, 0.2) is 0 Å². The van der Waals surface area contributed by atoms with Crippen molar-refractivity contribution in [3.8, 4) is 0 Å². The van der Waals surface area contributed by atoms with Crippen LogP contribution in [0.15, 0.2) is 24.3 Å². The van der Waals surface area contributed by atoms with Crippen LogP contribution in [-0.4, -0.2) is 44.7 Å². The van der Waals surface area contributed by atoms with Crippen LogP contribution in [0.25, 0.3) is 0 Å². The van der Waals surface area contributed by atoms with Crippen LogP contribution in [0, 0.1) is 6.92 Å². The minimum absolute atomic E-state index is 0.00520. The van der Waals surface area contributed by atoms with E-state index in [-0.39, 0.29) is 5.91 Å². The number of nitrogens with one attached hydrogen (secondary N) is 1. The summed E-state index contributed by atoms with van der Waals surface area (Å²) in [6.07, 6.45) is 7.32. The van der Waals surface area contributed by atoms with Crippen molar-refractivity contribution in [1.29, 1.82) is 0 Å². The van der Waals surface area contributed by atoms with Crippen LogP contribution in [0.3, 0.4) is 0 Å². The van der Waals surface area contributed by atoms with Crippen molar-refractivity contribution < 1.29 is 13.2 Å². The van der Waals surface area contributed by atoms with Crippen molar-refractivity contribution in [2.45, 2.75) is 50.7 Å². The summed E-state index contributed by atoms with van der Waals surface area (Å²) in [5.41, 5.74) is 1.73. The number of hydrogen-bond donors (Lipinski definition) is 1. The first kappa shape index (κ1) is 21.1. The van der Waals surface area contributed by atoms with Crippen LogP contribution in [-0.2, 0) is 14.8 Å². The summed E-state index contributed by atoms with van der Waals surface area (Å²) in [5.74, 6) is 0.948. The summed E-state index contributed by atoms with van der Waals surface area (Å²) in [5, 5.41) is 3.71. The highest BCUT2D eigenvalue weighted by atomic mass is 32.2. The largest absolute Gasteiger partial charge is 0.355 e. The zero-order valence-electron chi connectivity index (χ0n) is 15.7. The molecule has 0 radical (unpaired) electrons. The van der Waals surface area contributed by atoms with Crippen LogP contribution in [0.2, 0.25) is 0 Å². The van der Waals surface area contributed by atoms with E-state index in [1.807, 2.05) is 30.8 Å². The quantitative estimate of drug-likeness (QED) is 0.614. The van der Waals surface area contributed by atoms with Gasteiger partial charge in [-0.05, 0) is 38.3 Å². The van der Waals surface area contributed by atoms with Gasteiger partial charge in [-0.15, -0.1) is 0 Å². The third-order valence-corrected chi connectivity index (χ3v) is 7.14. The highest BCUT2D eigenvalue weighted by Gasteiger charge is 2.18. The smallest absolute Gasteiger partial charge is 0.232 e. The number of aryl methyl sites for hydroxylation is 1. The molecule has 1 saturated carbocycles. The SMILES string of the molecule is Cc1ccc(N(CCCC(=O)NCCSC2CCCC2)S(C)(=O)=O)cc1. The molecule has 0 bridgehead atoms. The van der Waals surface area contributed by atoms with Crippen molar-refractivity contribution in [3.05, 3.63) is 29.8 Å². The Morgan fingerprint density at radius 2 is 1.88 bits per heavy atom. The number of nitrogens with zero attached hydrogens (tertiary/aromatic N) is 1. The van der Waals surface area contributed by atoms with Gasteiger partial charge in [-0.25, -0.2) is 8.42 Å². The van der Waals surface area contributed by atoms with Crippen molar-refractivity contribution in [1.82, 2.24) is 5.32 Å². The number of hydrogen-bond acceptors (Lipinski definition) is 4. The standard InChI is InChI=1S/C19H30N2O3S2/c1-16-9-11-17(12-10-16)21(26(2,23)24)14-5-8-19(22)20-13-15-25-18-6-3-4-7-18/h9-12,18H,3-8,13-15H2,1-2H3,(H,20,22). The highest BCUT2D eigenvalue weighted by molar-refractivity contribution is 7.99. The number of thioether (sulfide) groups is 1. The van der Waals surface area contributed by atoms with Crippen molar-refractivity contribution >= 4 is 33.4 Å². The van der Waals surface area contributed by atoms with E-state index in [0.717, 1.165) is 16.6 Å². The molecule has 2 rings (SSSR count). The van der Waals surface area contributed by atoms with Crippen LogP contribution < -0.4 is 9.62 Å². The average molecular weight is 399 g/mol. The Bertz CT molecular complexity index is 669. The second kappa shape index (κ2) is 10.2. The maximum Gasteiger partial charge on any atom is 0.232 e. The molecule has 0 aromatic heterocycles. The first-order chi connectivity index (χ1) is 12.4. The number of rotatable bonds is 10. The van der Waals surface area contributed by atoms with Gasteiger partial charge in [-0.2, -0.15) is 11.8 Å². The second-order valence-corrected chi connectivity index (χ2v) is 10.2. The average Bonchev–Trinajstić information content (AvgIpc) is 3.09. The van der Waals surface area contributed by atoms with Gasteiger partial charge in [0.2, 0.25) is 15.9 Å². The number of benzene rings is 1. The van der Waals surface area contributed by atoms with E-state index in [9.17, 15) is 13.2 Å². The van der Waals surface area contributed by atoms with Crippen LogP contribution in [0.5, 0.6) is 0 Å². The van der Waals surface area contributed by atoms with Gasteiger partial charge in [0, 0.05) is 30.5 Å². The predicted molar refractivity (Wildman–Crippen MR) is 110 cm³/mol. The summed E-state index contributed by atoms with van der Waals surface area (Å²) in [6, 6.07) is 7.39. The fourth-order valence-corrected chi connectivity index (χ4v) is 5.33. The molecule has 1 aliphatic carbocycles. The third kappa shape index (κ3) is 7.19. The molecule has 1 aromatic rings. The molecule has 0 spiro atoms. The van der Waals surface area contributed by atoms with Gasteiger partial charge in [0.25, 0.3) is 0 Å². The number of carbonyl (C=O) groups excluding carboxylic acids is 1. The highest BCUT2D eigenvalue weighted by Crippen LogP contribution is 2.28. The van der Waals surface area contributed by atoms with Crippen molar-refractivity contribution in [2.24, 2.45) is 0 Å². The molecule has 1 aliphatic rings. The third-order valence-electron chi connectivity index (χ3n) is 4.57. The number of amides is 1. The van der Waals surface area contributed by atoms with Gasteiger partial charge in [0.05, 0.1) is 11.9 Å². The van der Waals surface area contributed by atoms with Gasteiger partial charge in [-0.1, -0.05) is 30.5 Å². The molecule has 0 unspecified atom stereocenters. The predicted octanol–water partition coefficient (Wildman–Crippen LogP) is 3.33. The van der Waals surface area contributed by atoms with Gasteiger partial charge in [0.1, 0.15) is 0 Å². The number of anilines is 1. The van der Waals surface area contributed by atoms with E-state index in [1.165, 1.54) is 36.2 Å². The Balaban J connectivity index is 1.71. The maximum absolute atomic E-state index is 12.1. The van der Waals surface area contributed by atoms with E-state index < -0.39 is 10.0 Å². The lowest BCUT2D eigenvalue weighted by atomic mass is 10.2. The van der Waals surface area contributed by atoms with E-state index in [1.54, 1.807) is 12.1 Å². The lowest BCUT2D eigenvalue weighted by molar-refractivity contribution is -0.121. The summed E-state index contributed by atoms with van der Waals surface area (Å²) in [4.78, 5) is 12.0. The molecular weight excluding hydrogens is 368 g/mol. The monoisotopic (exact) mass is 398 g/mol. The molecule has 1 N–H and O–H groups in total. The summed E-state index contributed by atoms with van der Waals surface area (Å²) in [6.45, 7) is 2.96. The molecule has 5 nitrogen and oxygen atoms in total. The molecule has 0 atom stereocenters. The van der Waals surface area contributed by atoms with Crippen molar-refractivity contribution in [2.75, 3.05) is 29.4 Å². The van der Waals surface area contributed by atoms with Gasteiger partial charge >= 0.3 is 0 Å². The Labute approximate surface area is 162 Å². The fourth-order valence-electron chi connectivity index (χ4n) is 3.14. The minimum Gasteiger partial charge on any atom is -0.355 e. The van der Waals surface area contributed by atoms with Gasteiger partial charge < -0.3 is 5.32 Å². The lowest BCUT2D eigenvalue weighted by Crippen LogP contribution is -2.32. The Hall–Kier alpha value is -1.21. The normalized spacial score (nSPS) is 15.2. The van der Waals surface area contributed by atoms with E-state index in [4.69, 9.17) is 0 Å². The molecule has 1 aromatic carbocycles. The fraction of sp³-hybridized carbons (Fsp3) is 0.632. The number of carbonyl (C=O) groups is 1. The molecule has 0 heterocycles. The zero-order chi connectivity index (χ0) is 19.0. The van der Waals surface area contributed by atoms with E-state index in [0.29, 0.717) is 31.6 Å². The molecule has 7 heteroatoms. The number of sulfonamides is 1. The lowest BCUT2D eigenvalue weighted by Gasteiger charge is -2.22. The summed E-state index contributed by atoms with van der Waals surface area (Å²) < 4.78 is 25.5. The Morgan fingerprint density at radius 3 is 2.50 bits per heavy atom. The molecule has 0 saturated heterocycles. The van der Waals surface area contributed by atoms with E-state index in [2.05, 4.69) is 5.32 Å². The van der Waals surface area contributed by atoms with Crippen LogP contribution in [0.1, 0.15) is 44.1 Å². The van der Waals surface area contributed by atoms with Crippen LogP contribution in [0.4, 0.5) is 5.69 Å². The molecule has 1 fully saturated rings. The van der Waals surface area contributed by atoms with E-state index >= 15 is 0 Å². The second-order valence-electron chi connectivity index (χ2n) is 6.90. The first-order valence-corrected chi connectivity index (χ1v) is 12.2. The van der Waals surface area contributed by atoms with Crippen LogP contribution >= 0.6 is 11.8 Å². The molecular formula is C19H30N2O3S2. The molecule has 26 heavy (non-hydrogen) atoms. The Kier molecular flexibility index (Phi) is 8.28. The van der Waals surface area contributed by atoms with Crippen molar-refractivity contribution in [3.63, 3.8) is 0 Å². The maximum atomic E-state index is 12.1. The molecule has 0 aliphatic heterocycles. The summed E-state index contributed by atoms with van der Waals surface area (Å²) in [7, 11) is -3.36. The first-order valence-electron chi connectivity index (χ1n) is 9.29. The molecule has 146 valence electrons. The summed E-state index contributed by atoms with van der Waals surface area (Å²) >= 11 is 1.95. The minimum atomic E-state index is -3.36. The van der Waals surface area contributed by atoms with Gasteiger partial charge in [-0.3, -0.25) is 9.10 Å². The molecule has 1 amide bonds. The Morgan fingerprint density at radius 1 is 1.23 bits per heavy atom. The zero-order valence-corrected chi connectivity index (χ0v) is 17.4. The topological polar surface area (TPSA) is 66.5 Å².